The number of nitrogens with one attached hydrogen (secondary N) is 1. The number of aryl methyl sites for hydroxylation is 2. The molecule has 1 amide bonds. The summed E-state index contributed by atoms with van der Waals surface area (Å²) in [6.45, 7) is 6.57. The molecular weight excluding hydrogens is 514 g/mol. The number of thioether (sulfide) groups is 1. The minimum atomic E-state index is -0.322. The maximum absolute atomic E-state index is 13.4. The zero-order valence-corrected chi connectivity index (χ0v) is 24.7. The molecule has 208 valence electrons. The Labute approximate surface area is 242 Å². The van der Waals surface area contributed by atoms with Crippen LogP contribution in [0.1, 0.15) is 65.6 Å². The lowest BCUT2D eigenvalue weighted by Crippen LogP contribution is -2.35. The summed E-state index contributed by atoms with van der Waals surface area (Å²) in [6, 6.07) is 29.1. The molecule has 5 nitrogen and oxygen atoms in total. The van der Waals surface area contributed by atoms with Gasteiger partial charge in [0.2, 0.25) is 5.91 Å². The number of amides is 1. The van der Waals surface area contributed by atoms with E-state index in [0.717, 1.165) is 24.1 Å². The lowest BCUT2D eigenvalue weighted by Gasteiger charge is -2.21. The van der Waals surface area contributed by atoms with Gasteiger partial charge in [-0.25, -0.2) is 4.98 Å². The van der Waals surface area contributed by atoms with Gasteiger partial charge in [0.15, 0.2) is 5.16 Å². The molecule has 0 aliphatic rings. The van der Waals surface area contributed by atoms with Crippen LogP contribution in [0.5, 0.6) is 0 Å². The number of hydrogen-bond acceptors (Lipinski definition) is 4. The maximum Gasteiger partial charge on any atom is 0.257 e. The van der Waals surface area contributed by atoms with Gasteiger partial charge < -0.3 is 5.32 Å². The fourth-order valence-corrected chi connectivity index (χ4v) is 6.16. The van der Waals surface area contributed by atoms with Crippen molar-refractivity contribution in [1.82, 2.24) is 14.9 Å². The molecule has 6 heteroatoms. The zero-order valence-electron chi connectivity index (χ0n) is 23.9. The van der Waals surface area contributed by atoms with E-state index >= 15 is 0 Å². The van der Waals surface area contributed by atoms with E-state index in [1.807, 2.05) is 19.1 Å². The molecule has 4 rings (SSSR count). The molecule has 0 spiro atoms. The van der Waals surface area contributed by atoms with Crippen molar-refractivity contribution < 1.29 is 4.79 Å². The molecule has 0 saturated carbocycles. The topological polar surface area (TPSA) is 64.0 Å². The molecule has 0 aliphatic carbocycles. The van der Waals surface area contributed by atoms with Crippen molar-refractivity contribution in [3.05, 3.63) is 129 Å². The van der Waals surface area contributed by atoms with E-state index in [0.29, 0.717) is 30.1 Å². The highest BCUT2D eigenvalue weighted by Gasteiger charge is 2.23. The summed E-state index contributed by atoms with van der Waals surface area (Å²) in [5.41, 5.74) is 6.11. The normalized spacial score (nSPS) is 11.9. The van der Waals surface area contributed by atoms with Crippen molar-refractivity contribution in [2.75, 3.05) is 6.54 Å². The summed E-state index contributed by atoms with van der Waals surface area (Å²) in [5, 5.41) is 3.44. The highest BCUT2D eigenvalue weighted by molar-refractivity contribution is 8.00. The Morgan fingerprint density at radius 2 is 1.50 bits per heavy atom. The van der Waals surface area contributed by atoms with Gasteiger partial charge in [0.25, 0.3) is 5.56 Å². The molecule has 1 aromatic heterocycles. The first-order valence-corrected chi connectivity index (χ1v) is 14.9. The van der Waals surface area contributed by atoms with Gasteiger partial charge in [0.1, 0.15) is 0 Å². The molecule has 0 radical (unpaired) electrons. The van der Waals surface area contributed by atoms with E-state index in [4.69, 9.17) is 4.98 Å². The van der Waals surface area contributed by atoms with Gasteiger partial charge in [-0.1, -0.05) is 116 Å². The summed E-state index contributed by atoms with van der Waals surface area (Å²) >= 11 is 1.38. The molecular formula is C34H39N3O2S. The van der Waals surface area contributed by atoms with E-state index in [1.54, 1.807) is 11.6 Å². The largest absolute Gasteiger partial charge is 0.355 e. The molecule has 0 saturated heterocycles. The Balaban J connectivity index is 1.45. The van der Waals surface area contributed by atoms with Gasteiger partial charge in [-0.15, -0.1) is 0 Å². The van der Waals surface area contributed by atoms with Crippen molar-refractivity contribution in [2.24, 2.45) is 7.05 Å². The van der Waals surface area contributed by atoms with Gasteiger partial charge in [-0.3, -0.25) is 14.2 Å². The summed E-state index contributed by atoms with van der Waals surface area (Å²) < 4.78 is 1.60. The van der Waals surface area contributed by atoms with Gasteiger partial charge in [0.05, 0.1) is 5.25 Å². The Morgan fingerprint density at radius 3 is 2.08 bits per heavy atom. The van der Waals surface area contributed by atoms with Crippen LogP contribution in [0.15, 0.2) is 94.9 Å². The number of aromatic nitrogens is 2. The van der Waals surface area contributed by atoms with Crippen LogP contribution < -0.4 is 10.9 Å². The molecule has 4 aromatic rings. The van der Waals surface area contributed by atoms with Gasteiger partial charge in [-0.05, 0) is 43.4 Å². The second kappa shape index (κ2) is 14.1. The number of hydrogen-bond donors (Lipinski definition) is 1. The SMILES string of the molecule is CCCC(Sc1nc(C)c(Cc2ccc(C)cc2)c(=O)n1C)C(=O)NCCC(c1ccccc1)c1ccccc1. The minimum absolute atomic E-state index is 0.0117. The van der Waals surface area contributed by atoms with Crippen molar-refractivity contribution in [3.63, 3.8) is 0 Å². The van der Waals surface area contributed by atoms with Gasteiger partial charge >= 0.3 is 0 Å². The van der Waals surface area contributed by atoms with Crippen LogP contribution in [0.2, 0.25) is 0 Å². The third kappa shape index (κ3) is 7.51. The van der Waals surface area contributed by atoms with Gasteiger partial charge in [-0.2, -0.15) is 0 Å². The molecule has 1 atom stereocenters. The number of carbonyl (C=O) groups is 1. The fourth-order valence-electron chi connectivity index (χ4n) is 4.93. The van der Waals surface area contributed by atoms with Crippen LogP contribution in [0.3, 0.4) is 0 Å². The van der Waals surface area contributed by atoms with E-state index in [1.165, 1.54) is 28.5 Å². The Bertz CT molecular complexity index is 1410. The lowest BCUT2D eigenvalue weighted by atomic mass is 9.88. The lowest BCUT2D eigenvalue weighted by molar-refractivity contribution is -0.120. The molecule has 0 fully saturated rings. The second-order valence-electron chi connectivity index (χ2n) is 10.3. The Morgan fingerprint density at radius 1 is 0.900 bits per heavy atom. The second-order valence-corrected chi connectivity index (χ2v) is 11.5. The zero-order chi connectivity index (χ0) is 28.5. The molecule has 1 unspecified atom stereocenters. The number of rotatable bonds is 12. The third-order valence-electron chi connectivity index (χ3n) is 7.28. The first-order valence-electron chi connectivity index (χ1n) is 14.0. The Kier molecular flexibility index (Phi) is 10.4. The average molecular weight is 554 g/mol. The van der Waals surface area contributed by atoms with Crippen molar-refractivity contribution in [2.45, 2.75) is 62.8 Å². The van der Waals surface area contributed by atoms with E-state index < -0.39 is 0 Å². The average Bonchev–Trinajstić information content (AvgIpc) is 2.97. The van der Waals surface area contributed by atoms with Gasteiger partial charge in [0, 0.05) is 37.2 Å². The fraction of sp³-hybridized carbons (Fsp3) is 0.324. The maximum atomic E-state index is 13.4. The molecule has 40 heavy (non-hydrogen) atoms. The molecule has 1 heterocycles. The third-order valence-corrected chi connectivity index (χ3v) is 8.59. The van der Waals surface area contributed by atoms with Crippen LogP contribution in [-0.2, 0) is 18.3 Å². The minimum Gasteiger partial charge on any atom is -0.355 e. The predicted octanol–water partition coefficient (Wildman–Crippen LogP) is 6.59. The van der Waals surface area contributed by atoms with Crippen LogP contribution in [-0.4, -0.2) is 27.3 Å². The number of carbonyl (C=O) groups excluding carboxylic acids is 1. The van der Waals surface area contributed by atoms with Crippen LogP contribution in [0, 0.1) is 13.8 Å². The van der Waals surface area contributed by atoms with Crippen LogP contribution in [0.25, 0.3) is 0 Å². The molecule has 0 aliphatic heterocycles. The quantitative estimate of drug-likeness (QED) is 0.159. The molecule has 0 bridgehead atoms. The first kappa shape index (κ1) is 29.3. The highest BCUT2D eigenvalue weighted by Crippen LogP contribution is 2.28. The first-order chi connectivity index (χ1) is 19.4. The summed E-state index contributed by atoms with van der Waals surface area (Å²) in [6.07, 6.45) is 2.91. The van der Waals surface area contributed by atoms with E-state index in [-0.39, 0.29) is 22.6 Å². The van der Waals surface area contributed by atoms with Crippen molar-refractivity contribution in [3.8, 4) is 0 Å². The summed E-state index contributed by atoms with van der Waals surface area (Å²) in [7, 11) is 1.75. The van der Waals surface area contributed by atoms with Crippen LogP contribution >= 0.6 is 11.8 Å². The summed E-state index contributed by atoms with van der Waals surface area (Å²) in [4.78, 5) is 31.5. The smallest absolute Gasteiger partial charge is 0.257 e. The highest BCUT2D eigenvalue weighted by atomic mass is 32.2. The molecule has 3 aromatic carbocycles. The van der Waals surface area contributed by atoms with Crippen molar-refractivity contribution >= 4 is 17.7 Å². The molecule has 1 N–H and O–H groups in total. The van der Waals surface area contributed by atoms with Crippen molar-refractivity contribution in [1.29, 1.82) is 0 Å². The summed E-state index contributed by atoms with van der Waals surface area (Å²) in [5.74, 6) is 0.188. The van der Waals surface area contributed by atoms with E-state index in [2.05, 4.69) is 92.0 Å². The number of benzene rings is 3. The number of nitrogens with zero attached hydrogens (tertiary/aromatic N) is 2. The predicted molar refractivity (Wildman–Crippen MR) is 165 cm³/mol. The monoisotopic (exact) mass is 553 g/mol. The van der Waals surface area contributed by atoms with E-state index in [9.17, 15) is 9.59 Å². The Hall–Kier alpha value is -3.64. The van der Waals surface area contributed by atoms with Crippen LogP contribution in [0.4, 0.5) is 0 Å². The standard InChI is InChI=1S/C34H39N3O2S/c1-5-12-31(32(38)35-22-21-29(27-13-8-6-9-14-27)28-15-10-7-11-16-28)40-34-36-25(3)30(33(39)37(34)4)23-26-19-17-24(2)18-20-26/h6-11,13-20,29,31H,5,12,21-23H2,1-4H3,(H,35,38).